The molecule has 0 fully saturated rings. The van der Waals surface area contributed by atoms with Crippen molar-refractivity contribution in [1.29, 1.82) is 0 Å². The molecule has 0 rings (SSSR count). The summed E-state index contributed by atoms with van der Waals surface area (Å²) in [5.41, 5.74) is 0. The summed E-state index contributed by atoms with van der Waals surface area (Å²) in [6.45, 7) is 4.11. The maximum Gasteiger partial charge on any atom is 0.302 e. The number of hydrogen-bond donors (Lipinski definition) is 0. The Balaban J connectivity index is 3.05. The molecule has 0 spiro atoms. The van der Waals surface area contributed by atoms with Gasteiger partial charge in [-0.3, -0.25) is 4.79 Å². The van der Waals surface area contributed by atoms with Crippen molar-refractivity contribution < 1.29 is 9.53 Å². The first kappa shape index (κ1) is 16.2. The van der Waals surface area contributed by atoms with E-state index in [0.717, 1.165) is 6.42 Å². The molecule has 0 saturated carbocycles. The van der Waals surface area contributed by atoms with E-state index in [9.17, 15) is 4.79 Å². The number of ether oxygens (including phenoxy) is 1. The molecular weight excluding hydrogens is 212 g/mol. The zero-order valence-corrected chi connectivity index (χ0v) is 11.5. The van der Waals surface area contributed by atoms with Crippen LogP contribution in [0.3, 0.4) is 0 Å². The van der Waals surface area contributed by atoms with E-state index in [1.54, 1.807) is 0 Å². The molecule has 0 radical (unpaired) electrons. The summed E-state index contributed by atoms with van der Waals surface area (Å²) < 4.78 is 4.80. The zero-order valence-electron chi connectivity index (χ0n) is 11.5. The summed E-state index contributed by atoms with van der Waals surface area (Å²) in [5, 5.41) is 0. The van der Waals surface area contributed by atoms with Gasteiger partial charge in [0.15, 0.2) is 0 Å². The van der Waals surface area contributed by atoms with Gasteiger partial charge in [-0.05, 0) is 12.8 Å². The Morgan fingerprint density at radius 1 is 0.941 bits per heavy atom. The minimum Gasteiger partial charge on any atom is -0.462 e. The van der Waals surface area contributed by atoms with Gasteiger partial charge in [0.25, 0.3) is 0 Å². The highest BCUT2D eigenvalue weighted by Crippen LogP contribution is 2.09. The third-order valence-electron chi connectivity index (χ3n) is 2.77. The van der Waals surface area contributed by atoms with Gasteiger partial charge < -0.3 is 4.74 Å². The summed E-state index contributed by atoms with van der Waals surface area (Å²) in [5.74, 6) is -0.207. The molecule has 0 heterocycles. The maximum atomic E-state index is 10.5. The highest BCUT2D eigenvalue weighted by atomic mass is 16.5. The first-order valence-corrected chi connectivity index (χ1v) is 7.05. The molecule has 0 aliphatic carbocycles. The Labute approximate surface area is 106 Å². The molecule has 0 aliphatic rings. The van der Waals surface area contributed by atoms with E-state index in [1.807, 2.05) is 6.08 Å². The SMILES string of the molecule is CCCCCCCCCCC=CCOC(C)=O. The Morgan fingerprint density at radius 3 is 2.12 bits per heavy atom. The van der Waals surface area contributed by atoms with Crippen LogP contribution < -0.4 is 0 Å². The van der Waals surface area contributed by atoms with Crippen molar-refractivity contribution >= 4 is 5.97 Å². The summed E-state index contributed by atoms with van der Waals surface area (Å²) in [4.78, 5) is 10.5. The van der Waals surface area contributed by atoms with Gasteiger partial charge in [-0.2, -0.15) is 0 Å². The Bertz CT molecular complexity index is 197. The van der Waals surface area contributed by atoms with Gasteiger partial charge in [-0.1, -0.05) is 64.0 Å². The average Bonchev–Trinajstić information content (AvgIpc) is 2.30. The topological polar surface area (TPSA) is 26.3 Å². The molecule has 0 aromatic heterocycles. The third-order valence-corrected chi connectivity index (χ3v) is 2.77. The smallest absolute Gasteiger partial charge is 0.302 e. The van der Waals surface area contributed by atoms with Crippen LogP contribution in [0, 0.1) is 0 Å². The van der Waals surface area contributed by atoms with Crippen LogP contribution in [-0.2, 0) is 9.53 Å². The van der Waals surface area contributed by atoms with Gasteiger partial charge in [0.05, 0.1) is 0 Å². The van der Waals surface area contributed by atoms with Gasteiger partial charge in [0, 0.05) is 6.92 Å². The standard InChI is InChI=1S/C15H28O2/c1-3-4-5-6-7-8-9-10-11-12-13-14-17-15(2)16/h12-13H,3-11,14H2,1-2H3. The Kier molecular flexibility index (Phi) is 12.7. The van der Waals surface area contributed by atoms with Gasteiger partial charge in [0.2, 0.25) is 0 Å². The summed E-state index contributed by atoms with van der Waals surface area (Å²) in [6, 6.07) is 0. The quantitative estimate of drug-likeness (QED) is 0.299. The molecule has 0 bridgehead atoms. The van der Waals surface area contributed by atoms with Crippen molar-refractivity contribution in [2.24, 2.45) is 0 Å². The predicted octanol–water partition coefficient (Wildman–Crippen LogP) is 4.64. The van der Waals surface area contributed by atoms with Crippen LogP contribution in [0.2, 0.25) is 0 Å². The first-order valence-electron chi connectivity index (χ1n) is 7.05. The number of allylic oxidation sites excluding steroid dienone is 1. The second-order valence-corrected chi connectivity index (χ2v) is 4.54. The molecule has 0 saturated heterocycles. The lowest BCUT2D eigenvalue weighted by Crippen LogP contribution is -1.97. The summed E-state index contributed by atoms with van der Waals surface area (Å²) in [6.07, 6.45) is 16.0. The van der Waals surface area contributed by atoms with Crippen LogP contribution in [0.25, 0.3) is 0 Å². The van der Waals surface area contributed by atoms with Crippen molar-refractivity contribution in [2.75, 3.05) is 6.61 Å². The van der Waals surface area contributed by atoms with Crippen molar-refractivity contribution in [2.45, 2.75) is 71.6 Å². The molecule has 17 heavy (non-hydrogen) atoms. The fourth-order valence-corrected chi connectivity index (χ4v) is 1.75. The van der Waals surface area contributed by atoms with Crippen molar-refractivity contribution in [3.05, 3.63) is 12.2 Å². The molecule has 0 amide bonds. The Hall–Kier alpha value is -0.790. The molecular formula is C15H28O2. The minimum atomic E-state index is -0.207. The van der Waals surface area contributed by atoms with E-state index in [4.69, 9.17) is 4.74 Å². The van der Waals surface area contributed by atoms with E-state index in [0.29, 0.717) is 6.61 Å². The van der Waals surface area contributed by atoms with E-state index in [1.165, 1.54) is 58.3 Å². The third kappa shape index (κ3) is 15.2. The van der Waals surface area contributed by atoms with Gasteiger partial charge in [-0.15, -0.1) is 0 Å². The monoisotopic (exact) mass is 240 g/mol. The highest BCUT2D eigenvalue weighted by molar-refractivity contribution is 5.65. The van der Waals surface area contributed by atoms with Crippen LogP contribution >= 0.6 is 0 Å². The number of esters is 1. The van der Waals surface area contributed by atoms with E-state index < -0.39 is 0 Å². The average molecular weight is 240 g/mol. The molecule has 2 nitrogen and oxygen atoms in total. The van der Waals surface area contributed by atoms with Crippen LogP contribution in [0.1, 0.15) is 71.6 Å². The van der Waals surface area contributed by atoms with Crippen LogP contribution in [0.4, 0.5) is 0 Å². The number of unbranched alkanes of at least 4 members (excludes halogenated alkanes) is 8. The fourth-order valence-electron chi connectivity index (χ4n) is 1.75. The van der Waals surface area contributed by atoms with E-state index >= 15 is 0 Å². The van der Waals surface area contributed by atoms with Crippen molar-refractivity contribution in [3.63, 3.8) is 0 Å². The van der Waals surface area contributed by atoms with E-state index in [-0.39, 0.29) is 5.97 Å². The Morgan fingerprint density at radius 2 is 1.53 bits per heavy atom. The molecule has 100 valence electrons. The van der Waals surface area contributed by atoms with E-state index in [2.05, 4.69) is 13.0 Å². The lowest BCUT2D eigenvalue weighted by Gasteiger charge is -2.00. The number of carbonyl (C=O) groups excluding carboxylic acids is 1. The van der Waals surface area contributed by atoms with Crippen molar-refractivity contribution in [1.82, 2.24) is 0 Å². The summed E-state index contributed by atoms with van der Waals surface area (Å²) >= 11 is 0. The molecule has 0 aliphatic heterocycles. The fraction of sp³-hybridized carbons (Fsp3) is 0.800. The maximum absolute atomic E-state index is 10.5. The van der Waals surface area contributed by atoms with Gasteiger partial charge >= 0.3 is 5.97 Å². The molecule has 0 aromatic rings. The highest BCUT2D eigenvalue weighted by Gasteiger charge is 1.90. The summed E-state index contributed by atoms with van der Waals surface area (Å²) in [7, 11) is 0. The predicted molar refractivity (Wildman–Crippen MR) is 73.0 cm³/mol. The largest absolute Gasteiger partial charge is 0.462 e. The van der Waals surface area contributed by atoms with Gasteiger partial charge in [-0.25, -0.2) is 0 Å². The molecule has 0 aromatic carbocycles. The minimum absolute atomic E-state index is 0.207. The number of rotatable bonds is 11. The molecule has 0 N–H and O–H groups in total. The lowest BCUT2D eigenvalue weighted by molar-refractivity contribution is -0.139. The van der Waals surface area contributed by atoms with Crippen LogP contribution in [0.5, 0.6) is 0 Å². The van der Waals surface area contributed by atoms with Crippen LogP contribution in [0.15, 0.2) is 12.2 Å². The number of hydrogen-bond acceptors (Lipinski definition) is 2. The second-order valence-electron chi connectivity index (χ2n) is 4.54. The molecule has 0 unspecified atom stereocenters. The van der Waals surface area contributed by atoms with Crippen molar-refractivity contribution in [3.8, 4) is 0 Å². The molecule has 2 heteroatoms. The van der Waals surface area contributed by atoms with Gasteiger partial charge in [0.1, 0.15) is 6.61 Å². The first-order chi connectivity index (χ1) is 8.27. The normalized spacial score (nSPS) is 10.9. The van der Waals surface area contributed by atoms with Crippen LogP contribution in [-0.4, -0.2) is 12.6 Å². The zero-order chi connectivity index (χ0) is 12.8. The lowest BCUT2D eigenvalue weighted by atomic mass is 10.1. The molecule has 0 atom stereocenters. The second kappa shape index (κ2) is 13.3. The number of carbonyl (C=O) groups is 1.